The highest BCUT2D eigenvalue weighted by atomic mass is 32.1. The van der Waals surface area contributed by atoms with E-state index in [-0.39, 0.29) is 11.9 Å². The number of carbonyl (C=O) groups is 1. The highest BCUT2D eigenvalue weighted by Gasteiger charge is 2.12. The molecule has 1 N–H and O–H groups in total. The van der Waals surface area contributed by atoms with Gasteiger partial charge in [0.1, 0.15) is 0 Å². The van der Waals surface area contributed by atoms with Crippen molar-refractivity contribution in [3.63, 3.8) is 0 Å². The maximum Gasteiger partial charge on any atom is 0.261 e. The van der Waals surface area contributed by atoms with E-state index in [1.54, 1.807) is 0 Å². The van der Waals surface area contributed by atoms with Gasteiger partial charge in [0.2, 0.25) is 0 Å². The highest BCUT2D eigenvalue weighted by molar-refractivity contribution is 7.12. The Morgan fingerprint density at radius 3 is 2.89 bits per heavy atom. The lowest BCUT2D eigenvalue weighted by atomic mass is 10.3. The second kappa shape index (κ2) is 5.35. The summed E-state index contributed by atoms with van der Waals surface area (Å²) >= 11 is 1.45. The molecule has 0 unspecified atom stereocenters. The van der Waals surface area contributed by atoms with Gasteiger partial charge in [-0.2, -0.15) is 5.10 Å². The number of aromatic nitrogens is 2. The van der Waals surface area contributed by atoms with Gasteiger partial charge in [0, 0.05) is 11.7 Å². The number of hydrogen-bond acceptors (Lipinski definition) is 3. The number of nitrogens with one attached hydrogen (secondary N) is 1. The van der Waals surface area contributed by atoms with E-state index in [2.05, 4.69) is 10.4 Å². The molecule has 0 radical (unpaired) electrons. The molecule has 0 aliphatic carbocycles. The number of amides is 1. The summed E-state index contributed by atoms with van der Waals surface area (Å²) < 4.78 is 1.93. The van der Waals surface area contributed by atoms with E-state index in [0.29, 0.717) is 6.54 Å². The Morgan fingerprint density at radius 1 is 1.56 bits per heavy atom. The van der Waals surface area contributed by atoms with Crippen molar-refractivity contribution in [1.82, 2.24) is 15.1 Å². The number of thiophene rings is 1. The Kier molecular flexibility index (Phi) is 3.81. The molecule has 0 aliphatic rings. The quantitative estimate of drug-likeness (QED) is 0.920. The molecular weight excluding hydrogens is 246 g/mol. The van der Waals surface area contributed by atoms with Crippen LogP contribution >= 0.6 is 11.3 Å². The standard InChI is InChI=1S/C13H17N3OS/c1-9-7-11(3)16(15-9)8-10(2)14-13(17)12-5-4-6-18-12/h4-7,10H,8H2,1-3H3,(H,14,17)/t10-/m0/s1. The molecule has 2 heterocycles. The monoisotopic (exact) mass is 263 g/mol. The molecule has 5 heteroatoms. The molecule has 0 bridgehead atoms. The summed E-state index contributed by atoms with van der Waals surface area (Å²) in [5.74, 6) is -0.0148. The van der Waals surface area contributed by atoms with Crippen molar-refractivity contribution >= 4 is 17.2 Å². The Balaban J connectivity index is 1.95. The lowest BCUT2D eigenvalue weighted by Gasteiger charge is -2.14. The largest absolute Gasteiger partial charge is 0.347 e. The van der Waals surface area contributed by atoms with Crippen molar-refractivity contribution in [3.8, 4) is 0 Å². The number of rotatable bonds is 4. The summed E-state index contributed by atoms with van der Waals surface area (Å²) in [6, 6.07) is 5.80. The van der Waals surface area contributed by atoms with Gasteiger partial charge in [-0.05, 0) is 38.3 Å². The third-order valence-electron chi connectivity index (χ3n) is 2.67. The van der Waals surface area contributed by atoms with Crippen molar-refractivity contribution < 1.29 is 4.79 Å². The fraction of sp³-hybridized carbons (Fsp3) is 0.385. The van der Waals surface area contributed by atoms with Gasteiger partial charge in [-0.25, -0.2) is 0 Å². The second-order valence-electron chi connectivity index (χ2n) is 4.46. The molecule has 18 heavy (non-hydrogen) atoms. The van der Waals surface area contributed by atoms with Crippen LogP contribution in [0, 0.1) is 13.8 Å². The van der Waals surface area contributed by atoms with Crippen molar-refractivity contribution in [2.45, 2.75) is 33.4 Å². The second-order valence-corrected chi connectivity index (χ2v) is 5.41. The Bertz CT molecular complexity index is 530. The molecular formula is C13H17N3OS. The number of carbonyl (C=O) groups excluding carboxylic acids is 1. The van der Waals surface area contributed by atoms with E-state index in [1.807, 2.05) is 49.0 Å². The molecule has 2 aromatic heterocycles. The summed E-state index contributed by atoms with van der Waals surface area (Å²) in [6.45, 7) is 6.67. The first-order chi connectivity index (χ1) is 8.56. The van der Waals surface area contributed by atoms with Crippen LogP contribution in [-0.4, -0.2) is 21.7 Å². The van der Waals surface area contributed by atoms with Crippen molar-refractivity contribution in [2.75, 3.05) is 0 Å². The summed E-state index contributed by atoms with van der Waals surface area (Å²) in [5.41, 5.74) is 2.12. The third-order valence-corrected chi connectivity index (χ3v) is 3.54. The fourth-order valence-electron chi connectivity index (χ4n) is 1.87. The molecule has 0 aliphatic heterocycles. The Labute approximate surface area is 111 Å². The molecule has 0 saturated heterocycles. The Morgan fingerprint density at radius 2 is 2.33 bits per heavy atom. The van der Waals surface area contributed by atoms with E-state index in [0.717, 1.165) is 16.3 Å². The molecule has 1 amide bonds. The van der Waals surface area contributed by atoms with E-state index >= 15 is 0 Å². The van der Waals surface area contributed by atoms with E-state index in [1.165, 1.54) is 11.3 Å². The number of nitrogens with zero attached hydrogens (tertiary/aromatic N) is 2. The number of aryl methyl sites for hydroxylation is 2. The van der Waals surface area contributed by atoms with Gasteiger partial charge < -0.3 is 5.32 Å². The maximum absolute atomic E-state index is 11.9. The fourth-order valence-corrected chi connectivity index (χ4v) is 2.49. The topological polar surface area (TPSA) is 46.9 Å². The molecule has 1 atom stereocenters. The minimum Gasteiger partial charge on any atom is -0.347 e. The van der Waals surface area contributed by atoms with Crippen molar-refractivity contribution in [3.05, 3.63) is 39.8 Å². The van der Waals surface area contributed by atoms with Gasteiger partial charge in [0.25, 0.3) is 5.91 Å². The van der Waals surface area contributed by atoms with Crippen molar-refractivity contribution in [2.24, 2.45) is 0 Å². The van der Waals surface area contributed by atoms with Crippen LogP contribution in [0.25, 0.3) is 0 Å². The zero-order chi connectivity index (χ0) is 13.1. The Hall–Kier alpha value is -1.62. The normalized spacial score (nSPS) is 12.4. The van der Waals surface area contributed by atoms with Crippen LogP contribution in [0.5, 0.6) is 0 Å². The van der Waals surface area contributed by atoms with E-state index in [9.17, 15) is 4.79 Å². The molecule has 2 rings (SSSR count). The summed E-state index contributed by atoms with van der Waals surface area (Å²) in [5, 5.41) is 9.27. The lowest BCUT2D eigenvalue weighted by Crippen LogP contribution is -2.35. The molecule has 96 valence electrons. The molecule has 4 nitrogen and oxygen atoms in total. The molecule has 0 fully saturated rings. The van der Waals surface area contributed by atoms with Gasteiger partial charge in [-0.3, -0.25) is 9.48 Å². The van der Waals surface area contributed by atoms with Gasteiger partial charge >= 0.3 is 0 Å². The molecule has 0 spiro atoms. The first-order valence-electron chi connectivity index (χ1n) is 5.91. The van der Waals surface area contributed by atoms with Gasteiger partial charge in [-0.1, -0.05) is 6.07 Å². The van der Waals surface area contributed by atoms with Gasteiger partial charge in [0.15, 0.2) is 0 Å². The predicted octanol–water partition coefficient (Wildman–Crippen LogP) is 2.38. The maximum atomic E-state index is 11.9. The van der Waals surface area contributed by atoms with Crippen molar-refractivity contribution in [1.29, 1.82) is 0 Å². The highest BCUT2D eigenvalue weighted by Crippen LogP contribution is 2.09. The summed E-state index contributed by atoms with van der Waals surface area (Å²) in [4.78, 5) is 12.6. The predicted molar refractivity (Wildman–Crippen MR) is 72.9 cm³/mol. The minimum absolute atomic E-state index is 0.0148. The average Bonchev–Trinajstić information content (AvgIpc) is 2.89. The van der Waals surface area contributed by atoms with Crippen LogP contribution in [0.15, 0.2) is 23.6 Å². The summed E-state index contributed by atoms with van der Waals surface area (Å²) in [7, 11) is 0. The zero-order valence-electron chi connectivity index (χ0n) is 10.8. The first-order valence-corrected chi connectivity index (χ1v) is 6.79. The van der Waals surface area contributed by atoms with Crippen LogP contribution in [0.1, 0.15) is 28.0 Å². The average molecular weight is 263 g/mol. The van der Waals surface area contributed by atoms with Crippen LogP contribution in [0.4, 0.5) is 0 Å². The van der Waals surface area contributed by atoms with Crippen LogP contribution < -0.4 is 5.32 Å². The van der Waals surface area contributed by atoms with Gasteiger partial charge in [0.05, 0.1) is 17.1 Å². The lowest BCUT2D eigenvalue weighted by molar-refractivity contribution is 0.0940. The van der Waals surface area contributed by atoms with Crippen LogP contribution in [0.3, 0.4) is 0 Å². The number of hydrogen-bond donors (Lipinski definition) is 1. The molecule has 0 saturated carbocycles. The van der Waals surface area contributed by atoms with E-state index < -0.39 is 0 Å². The van der Waals surface area contributed by atoms with Gasteiger partial charge in [-0.15, -0.1) is 11.3 Å². The summed E-state index contributed by atoms with van der Waals surface area (Å²) in [6.07, 6.45) is 0. The third kappa shape index (κ3) is 2.98. The first kappa shape index (κ1) is 12.8. The van der Waals surface area contributed by atoms with Crippen LogP contribution in [-0.2, 0) is 6.54 Å². The zero-order valence-corrected chi connectivity index (χ0v) is 11.6. The SMILES string of the molecule is Cc1cc(C)n(C[C@H](C)NC(=O)c2cccs2)n1. The molecule has 0 aromatic carbocycles. The van der Waals surface area contributed by atoms with E-state index in [4.69, 9.17) is 0 Å². The minimum atomic E-state index is -0.0148. The molecule has 2 aromatic rings. The van der Waals surface area contributed by atoms with Crippen LogP contribution in [0.2, 0.25) is 0 Å². The smallest absolute Gasteiger partial charge is 0.261 e.